The van der Waals surface area contributed by atoms with Gasteiger partial charge in [-0.2, -0.15) is 13.8 Å². The molecular weight excluding hydrogens is 469 g/mol. The third kappa shape index (κ3) is 5.92. The topological polar surface area (TPSA) is 76.0 Å². The third-order valence-corrected chi connectivity index (χ3v) is 6.22. The number of halogens is 3. The number of hydrogen-bond donors (Lipinski definition) is 3. The van der Waals surface area contributed by atoms with Gasteiger partial charge in [0.25, 0.3) is 0 Å². The predicted molar refractivity (Wildman–Crippen MR) is 135 cm³/mol. The Kier molecular flexibility index (Phi) is 6.92. The minimum Gasteiger partial charge on any atom is -0.433 e. The predicted octanol–water partition coefficient (Wildman–Crippen LogP) is 6.09. The van der Waals surface area contributed by atoms with Gasteiger partial charge < -0.3 is 25.3 Å². The fourth-order valence-corrected chi connectivity index (χ4v) is 5.29. The fraction of sp³-hybridized carbons (Fsp3) is 0.462. The maximum absolute atomic E-state index is 14.6. The lowest BCUT2D eigenvalue weighted by atomic mass is 9.79. The number of nitrogens with zero attached hydrogens (tertiary/aromatic N) is 3. The van der Waals surface area contributed by atoms with Gasteiger partial charge in [0.15, 0.2) is 11.6 Å². The van der Waals surface area contributed by atoms with Gasteiger partial charge >= 0.3 is 6.61 Å². The number of rotatable bonds is 7. The average Bonchev–Trinajstić information content (AvgIpc) is 3.07. The first-order valence-electron chi connectivity index (χ1n) is 11.9. The van der Waals surface area contributed by atoms with E-state index in [2.05, 4.69) is 53.6 Å². The summed E-state index contributed by atoms with van der Waals surface area (Å²) in [4.78, 5) is 8.44. The standard InChI is InChI=1S/C26H33F3N6O/c1-15-7-8-16(2)35(15)20-11-17(9-10-21(20)36-23(28)29)32-24-30-14-19(27)22(33-24)31-18-12-25(3,4)34-26(5,6)13-18/h7-11,14,18,23,34H,12-13H2,1-6H3,(H2,30,31,32,33). The second-order valence-corrected chi connectivity index (χ2v) is 10.7. The van der Waals surface area contributed by atoms with Gasteiger partial charge in [-0.25, -0.2) is 9.37 Å². The molecular formula is C26H33F3N6O. The van der Waals surface area contributed by atoms with E-state index in [0.717, 1.165) is 30.4 Å². The first-order valence-corrected chi connectivity index (χ1v) is 11.9. The molecule has 2 aromatic heterocycles. The summed E-state index contributed by atoms with van der Waals surface area (Å²) < 4.78 is 47.3. The van der Waals surface area contributed by atoms with Crippen LogP contribution in [-0.4, -0.2) is 38.3 Å². The van der Waals surface area contributed by atoms with Crippen LogP contribution in [0.4, 0.5) is 30.6 Å². The van der Waals surface area contributed by atoms with Crippen LogP contribution in [0.1, 0.15) is 51.9 Å². The van der Waals surface area contributed by atoms with Gasteiger partial charge in [0, 0.05) is 34.2 Å². The van der Waals surface area contributed by atoms with Gasteiger partial charge in [-0.3, -0.25) is 0 Å². The molecule has 1 aromatic carbocycles. The Morgan fingerprint density at radius 2 is 1.69 bits per heavy atom. The zero-order valence-corrected chi connectivity index (χ0v) is 21.4. The zero-order chi connectivity index (χ0) is 26.3. The highest BCUT2D eigenvalue weighted by Crippen LogP contribution is 2.33. The van der Waals surface area contributed by atoms with Crippen LogP contribution in [0.25, 0.3) is 5.69 Å². The summed E-state index contributed by atoms with van der Waals surface area (Å²) in [5.74, 6) is -0.215. The lowest BCUT2D eigenvalue weighted by Gasteiger charge is -2.46. The van der Waals surface area contributed by atoms with E-state index in [4.69, 9.17) is 4.74 Å². The highest BCUT2D eigenvalue weighted by atomic mass is 19.3. The number of anilines is 3. The van der Waals surface area contributed by atoms with Gasteiger partial charge in [-0.15, -0.1) is 0 Å². The van der Waals surface area contributed by atoms with Crippen LogP contribution in [-0.2, 0) is 0 Å². The lowest BCUT2D eigenvalue weighted by Crippen LogP contribution is -2.60. The molecule has 0 saturated carbocycles. The molecule has 0 spiro atoms. The summed E-state index contributed by atoms with van der Waals surface area (Å²) in [5, 5.41) is 9.93. The van der Waals surface area contributed by atoms with E-state index in [1.807, 2.05) is 30.5 Å². The van der Waals surface area contributed by atoms with E-state index in [0.29, 0.717) is 11.4 Å². The van der Waals surface area contributed by atoms with Crippen molar-refractivity contribution in [2.24, 2.45) is 0 Å². The fourth-order valence-electron chi connectivity index (χ4n) is 5.29. The molecule has 4 rings (SSSR count). The van der Waals surface area contributed by atoms with Crippen LogP contribution in [0.2, 0.25) is 0 Å². The largest absolute Gasteiger partial charge is 0.433 e. The number of nitrogens with one attached hydrogen (secondary N) is 3. The number of ether oxygens (including phenoxy) is 1. The van der Waals surface area contributed by atoms with E-state index in [9.17, 15) is 13.2 Å². The Bertz CT molecular complexity index is 1200. The monoisotopic (exact) mass is 502 g/mol. The Morgan fingerprint density at radius 3 is 2.31 bits per heavy atom. The molecule has 10 heteroatoms. The Balaban J connectivity index is 1.61. The van der Waals surface area contributed by atoms with Crippen molar-refractivity contribution in [1.29, 1.82) is 0 Å². The van der Waals surface area contributed by atoms with Gasteiger partial charge in [-0.05, 0) is 84.7 Å². The first-order chi connectivity index (χ1) is 16.8. The maximum atomic E-state index is 14.6. The minimum absolute atomic E-state index is 0.0190. The van der Waals surface area contributed by atoms with E-state index in [1.165, 1.54) is 6.07 Å². The van der Waals surface area contributed by atoms with E-state index >= 15 is 0 Å². The van der Waals surface area contributed by atoms with Crippen LogP contribution < -0.4 is 20.7 Å². The molecule has 3 heterocycles. The molecule has 7 nitrogen and oxygen atoms in total. The van der Waals surface area contributed by atoms with Crippen LogP contribution in [0, 0.1) is 19.7 Å². The molecule has 0 bridgehead atoms. The van der Waals surface area contributed by atoms with Gasteiger partial charge in [0.05, 0.1) is 11.9 Å². The number of aryl methyl sites for hydroxylation is 2. The SMILES string of the molecule is Cc1ccc(C)n1-c1cc(Nc2ncc(F)c(NC3CC(C)(C)NC(C)(C)C3)n2)ccc1OC(F)F. The van der Waals surface area contributed by atoms with Crippen molar-refractivity contribution in [3.05, 3.63) is 53.7 Å². The maximum Gasteiger partial charge on any atom is 0.387 e. The van der Waals surface area contributed by atoms with Gasteiger partial charge in [-0.1, -0.05) is 0 Å². The Labute approximate surface area is 209 Å². The Morgan fingerprint density at radius 1 is 1.06 bits per heavy atom. The molecule has 3 aromatic rings. The molecule has 1 saturated heterocycles. The Hall–Kier alpha value is -3.27. The molecule has 0 atom stereocenters. The highest BCUT2D eigenvalue weighted by molar-refractivity contribution is 5.64. The lowest BCUT2D eigenvalue weighted by molar-refractivity contribution is -0.0498. The quantitative estimate of drug-likeness (QED) is 0.363. The number of alkyl halides is 2. The third-order valence-electron chi connectivity index (χ3n) is 6.22. The molecule has 0 amide bonds. The summed E-state index contributed by atoms with van der Waals surface area (Å²) in [5.41, 5.74) is 2.48. The molecule has 1 aliphatic heterocycles. The second-order valence-electron chi connectivity index (χ2n) is 10.7. The summed E-state index contributed by atoms with van der Waals surface area (Å²) in [7, 11) is 0. The van der Waals surface area contributed by atoms with Crippen molar-refractivity contribution >= 4 is 17.5 Å². The normalized spacial score (nSPS) is 17.3. The number of aromatic nitrogens is 3. The van der Waals surface area contributed by atoms with Crippen molar-refractivity contribution in [2.45, 2.75) is 78.1 Å². The molecule has 0 unspecified atom stereocenters. The number of piperidine rings is 1. The minimum atomic E-state index is -2.96. The molecule has 1 aliphatic rings. The average molecular weight is 503 g/mol. The molecule has 0 radical (unpaired) electrons. The van der Waals surface area contributed by atoms with Crippen molar-refractivity contribution in [3.8, 4) is 11.4 Å². The smallest absolute Gasteiger partial charge is 0.387 e. The van der Waals surface area contributed by atoms with Crippen molar-refractivity contribution in [2.75, 3.05) is 10.6 Å². The summed E-state index contributed by atoms with van der Waals surface area (Å²) in [6.07, 6.45) is 2.71. The second kappa shape index (κ2) is 9.65. The molecule has 3 N–H and O–H groups in total. The van der Waals surface area contributed by atoms with Crippen LogP contribution in [0.5, 0.6) is 5.75 Å². The zero-order valence-electron chi connectivity index (χ0n) is 21.4. The molecule has 194 valence electrons. The van der Waals surface area contributed by atoms with E-state index in [-0.39, 0.29) is 34.6 Å². The van der Waals surface area contributed by atoms with Crippen LogP contribution >= 0.6 is 0 Å². The van der Waals surface area contributed by atoms with Crippen molar-refractivity contribution in [1.82, 2.24) is 19.9 Å². The van der Waals surface area contributed by atoms with Crippen LogP contribution in [0.15, 0.2) is 36.5 Å². The summed E-state index contributed by atoms with van der Waals surface area (Å²) in [6, 6.07) is 8.54. The first kappa shape index (κ1) is 25.8. The highest BCUT2D eigenvalue weighted by Gasteiger charge is 2.38. The summed E-state index contributed by atoms with van der Waals surface area (Å²) >= 11 is 0. The molecule has 0 aliphatic carbocycles. The number of hydrogen-bond acceptors (Lipinski definition) is 6. The van der Waals surface area contributed by atoms with E-state index < -0.39 is 12.4 Å². The van der Waals surface area contributed by atoms with Gasteiger partial charge in [0.2, 0.25) is 5.95 Å². The molecule has 1 fully saturated rings. The van der Waals surface area contributed by atoms with Crippen LogP contribution in [0.3, 0.4) is 0 Å². The number of benzene rings is 1. The van der Waals surface area contributed by atoms with Crippen molar-refractivity contribution in [3.63, 3.8) is 0 Å². The van der Waals surface area contributed by atoms with Gasteiger partial charge in [0.1, 0.15) is 5.75 Å². The van der Waals surface area contributed by atoms with Crippen molar-refractivity contribution < 1.29 is 17.9 Å². The molecule has 36 heavy (non-hydrogen) atoms. The summed E-state index contributed by atoms with van der Waals surface area (Å²) in [6.45, 7) is 9.29. The van der Waals surface area contributed by atoms with E-state index in [1.54, 1.807) is 12.1 Å².